The lowest BCUT2D eigenvalue weighted by Crippen LogP contribution is -2.19. The molecule has 0 aliphatic rings. The molecule has 0 radical (unpaired) electrons. The van der Waals surface area contributed by atoms with Gasteiger partial charge in [-0.15, -0.1) is 15.7 Å². The Balaban J connectivity index is 2.76. The molecule has 160 valence electrons. The van der Waals surface area contributed by atoms with E-state index < -0.39 is 87.9 Å². The molecular formula is C14H8N4O12-4. The second-order valence-electron chi connectivity index (χ2n) is 5.77. The van der Waals surface area contributed by atoms with E-state index in [1.807, 2.05) is 0 Å². The lowest BCUT2D eigenvalue weighted by atomic mass is 9.95. The van der Waals surface area contributed by atoms with Gasteiger partial charge in [0.05, 0.1) is 21.7 Å². The first-order chi connectivity index (χ1) is 13.9. The number of benzene rings is 3. The van der Waals surface area contributed by atoms with Gasteiger partial charge in [-0.2, -0.15) is 0 Å². The predicted octanol–water partition coefficient (Wildman–Crippen LogP) is -1.05. The van der Waals surface area contributed by atoms with Crippen LogP contribution in [0.3, 0.4) is 0 Å². The van der Waals surface area contributed by atoms with E-state index in [0.717, 1.165) is 0 Å². The Morgan fingerprint density at radius 1 is 0.600 bits per heavy atom. The monoisotopic (exact) mass is 424 g/mol. The first-order valence-corrected chi connectivity index (χ1v) is 7.43. The van der Waals surface area contributed by atoms with Crippen molar-refractivity contribution >= 4 is 44.3 Å². The van der Waals surface area contributed by atoms with Gasteiger partial charge in [0.2, 0.25) is 0 Å². The van der Waals surface area contributed by atoms with Crippen LogP contribution in [0.5, 0.6) is 23.0 Å². The fourth-order valence-corrected chi connectivity index (χ4v) is 3.02. The molecule has 3 aromatic rings. The summed E-state index contributed by atoms with van der Waals surface area (Å²) in [6.45, 7) is 0. The highest BCUT2D eigenvalue weighted by Crippen LogP contribution is 2.54. The zero-order valence-corrected chi connectivity index (χ0v) is 14.1. The summed E-state index contributed by atoms with van der Waals surface area (Å²) in [5.74, 6) is -6.31. The Bertz CT molecular complexity index is 1210. The summed E-state index contributed by atoms with van der Waals surface area (Å²) in [6.07, 6.45) is 0. The zero-order valence-electron chi connectivity index (χ0n) is 14.1. The maximum absolute atomic E-state index is 12.9. The van der Waals surface area contributed by atoms with Crippen LogP contribution in [0, 0.1) is 10.1 Å². The third-order valence-electron chi connectivity index (χ3n) is 4.23. The Kier molecular flexibility index (Phi) is 4.67. The molecule has 0 saturated carbocycles. The Hall–Kier alpha value is -4.06. The predicted molar refractivity (Wildman–Crippen MR) is 84.0 cm³/mol. The first-order valence-electron chi connectivity index (χ1n) is 7.43. The van der Waals surface area contributed by atoms with E-state index in [1.54, 1.807) is 0 Å². The minimum absolute atomic E-state index is 0.280. The number of hydrogen-bond acceptors (Lipinski definition) is 15. The molecule has 0 unspecified atom stereocenters. The number of hydrogen-bond donors (Lipinski definition) is 6. The summed E-state index contributed by atoms with van der Waals surface area (Å²) in [6, 6.07) is 0.654. The summed E-state index contributed by atoms with van der Waals surface area (Å²) in [5, 5.41) is 110. The van der Waals surface area contributed by atoms with Gasteiger partial charge < -0.3 is 20.4 Å². The van der Waals surface area contributed by atoms with Crippen LogP contribution >= 0.6 is 0 Å². The van der Waals surface area contributed by atoms with Crippen LogP contribution < -0.4 is 36.1 Å². The fourth-order valence-electron chi connectivity index (χ4n) is 3.02. The molecule has 0 heterocycles. The Morgan fingerprint density at radius 3 is 1.43 bits per heavy atom. The molecule has 0 atom stereocenters. The van der Waals surface area contributed by atoms with E-state index in [1.165, 1.54) is 0 Å². The molecular weight excluding hydrogens is 416 g/mol. The van der Waals surface area contributed by atoms with Gasteiger partial charge in [0, 0.05) is 11.5 Å². The lowest BCUT2D eigenvalue weighted by Gasteiger charge is -2.32. The number of nitro groups is 1. The van der Waals surface area contributed by atoms with E-state index in [4.69, 9.17) is 20.8 Å². The van der Waals surface area contributed by atoms with Gasteiger partial charge in [0.25, 0.3) is 5.69 Å². The second kappa shape index (κ2) is 6.77. The topological polar surface area (TPSA) is 266 Å². The van der Waals surface area contributed by atoms with Gasteiger partial charge in [-0.3, -0.25) is 41.4 Å². The van der Waals surface area contributed by atoms with Crippen LogP contribution in [0.15, 0.2) is 12.1 Å². The van der Waals surface area contributed by atoms with Crippen molar-refractivity contribution in [2.75, 3.05) is 15.7 Å². The number of fused-ring (bicyclic) bond motifs is 2. The maximum atomic E-state index is 12.9. The van der Waals surface area contributed by atoms with Crippen LogP contribution in [-0.4, -0.2) is 36.2 Å². The molecule has 30 heavy (non-hydrogen) atoms. The average molecular weight is 424 g/mol. The van der Waals surface area contributed by atoms with Gasteiger partial charge in [0.15, 0.2) is 0 Å². The van der Waals surface area contributed by atoms with Crippen molar-refractivity contribution < 1.29 is 56.6 Å². The van der Waals surface area contributed by atoms with Crippen molar-refractivity contribution in [2.24, 2.45) is 0 Å². The van der Waals surface area contributed by atoms with Crippen molar-refractivity contribution in [2.45, 2.75) is 0 Å². The molecule has 0 fully saturated rings. The van der Waals surface area contributed by atoms with Gasteiger partial charge in [0.1, 0.15) is 5.69 Å². The molecule has 0 saturated heterocycles. The highest BCUT2D eigenvalue weighted by atomic mass is 16.8. The number of non-ortho nitro benzene ring substituents is 1. The van der Waals surface area contributed by atoms with Crippen LogP contribution in [0.25, 0.3) is 21.5 Å². The number of nitro benzene ring substituents is 1. The standard InChI is InChI=1S/C14H12N4O12/c19-11-5(17(27)28)1-3(15(23)24)7-9(11)14(22)10-8(13(7)21)4(16(25)26)2-6(12(10)20)18(29)30/h1-2,19-24,27-30H/p-4. The maximum Gasteiger partial charge on any atom is 0.278 e. The normalized spacial score (nSPS) is 11.1. The SMILES string of the molecule is O=[N+]([O-])c1cc(N(O)O)c([O-])c2c([O-])c3c([O-])c(N(O)O)cc(N(O)O)c3c([O-])c12. The van der Waals surface area contributed by atoms with Crippen LogP contribution in [-0.2, 0) is 0 Å². The van der Waals surface area contributed by atoms with Crippen molar-refractivity contribution in [3.05, 3.63) is 22.2 Å². The van der Waals surface area contributed by atoms with Crippen molar-refractivity contribution in [3.8, 4) is 23.0 Å². The second-order valence-corrected chi connectivity index (χ2v) is 5.77. The summed E-state index contributed by atoms with van der Waals surface area (Å²) in [7, 11) is 0. The minimum atomic E-state index is -1.65. The van der Waals surface area contributed by atoms with Crippen molar-refractivity contribution in [3.63, 3.8) is 0 Å². The molecule has 0 aliphatic heterocycles. The molecule has 3 rings (SSSR count). The smallest absolute Gasteiger partial charge is 0.278 e. The summed E-state index contributed by atoms with van der Waals surface area (Å²) in [4.78, 5) is 10.1. The number of anilines is 3. The van der Waals surface area contributed by atoms with E-state index in [0.29, 0.717) is 6.07 Å². The largest absolute Gasteiger partial charge is 0.872 e. The molecule has 6 N–H and O–H groups in total. The quantitative estimate of drug-likeness (QED) is 0.166. The molecule has 16 heteroatoms. The summed E-state index contributed by atoms with van der Waals surface area (Å²) >= 11 is 0. The van der Waals surface area contributed by atoms with Gasteiger partial charge in [-0.25, -0.2) is 0 Å². The van der Waals surface area contributed by atoms with Crippen LogP contribution in [0.1, 0.15) is 0 Å². The third kappa shape index (κ3) is 2.73. The van der Waals surface area contributed by atoms with E-state index in [-0.39, 0.29) is 6.07 Å². The van der Waals surface area contributed by atoms with Gasteiger partial charge >= 0.3 is 0 Å². The summed E-state index contributed by atoms with van der Waals surface area (Å²) in [5.41, 5.74) is -4.63. The molecule has 0 aromatic heterocycles. The highest BCUT2D eigenvalue weighted by Gasteiger charge is 2.23. The van der Waals surface area contributed by atoms with Crippen molar-refractivity contribution in [1.29, 1.82) is 0 Å². The van der Waals surface area contributed by atoms with Crippen molar-refractivity contribution in [1.82, 2.24) is 0 Å². The fraction of sp³-hybridized carbons (Fsp3) is 0. The van der Waals surface area contributed by atoms with Crippen LogP contribution in [0.2, 0.25) is 0 Å². The molecule has 0 spiro atoms. The van der Waals surface area contributed by atoms with E-state index in [2.05, 4.69) is 0 Å². The number of nitrogens with zero attached hydrogens (tertiary/aromatic N) is 4. The zero-order chi connectivity index (χ0) is 22.7. The van der Waals surface area contributed by atoms with E-state index >= 15 is 0 Å². The molecule has 16 nitrogen and oxygen atoms in total. The molecule has 3 aromatic carbocycles. The average Bonchev–Trinajstić information content (AvgIpc) is 2.64. The molecule has 0 aliphatic carbocycles. The first kappa shape index (κ1) is 20.7. The van der Waals surface area contributed by atoms with E-state index in [9.17, 15) is 41.0 Å². The molecule has 0 amide bonds. The van der Waals surface area contributed by atoms with Crippen LogP contribution in [0.4, 0.5) is 22.7 Å². The molecule has 0 bridgehead atoms. The minimum Gasteiger partial charge on any atom is -0.872 e. The summed E-state index contributed by atoms with van der Waals surface area (Å²) < 4.78 is 0. The Morgan fingerprint density at radius 2 is 1.00 bits per heavy atom. The van der Waals surface area contributed by atoms with Gasteiger partial charge in [-0.1, -0.05) is 23.0 Å². The Labute approximate surface area is 162 Å². The number of rotatable bonds is 4. The third-order valence-corrected chi connectivity index (χ3v) is 4.23. The highest BCUT2D eigenvalue weighted by molar-refractivity contribution is 6.21. The van der Waals surface area contributed by atoms with Gasteiger partial charge in [-0.05, 0) is 16.8 Å². The lowest BCUT2D eigenvalue weighted by molar-refractivity contribution is -0.383.